The molecule has 0 atom stereocenters. The van der Waals surface area contributed by atoms with Crippen LogP contribution in [0.1, 0.15) is 23.0 Å². The third kappa shape index (κ3) is 3.94. The van der Waals surface area contributed by atoms with Crippen molar-refractivity contribution in [3.05, 3.63) is 45.7 Å². The fraction of sp³-hybridized carbons (Fsp3) is 0.214. The van der Waals surface area contributed by atoms with Crippen molar-refractivity contribution in [2.45, 2.75) is 13.5 Å². The van der Waals surface area contributed by atoms with Crippen molar-refractivity contribution in [2.24, 2.45) is 10.9 Å². The fourth-order valence-corrected chi connectivity index (χ4v) is 2.16. The van der Waals surface area contributed by atoms with Crippen molar-refractivity contribution in [1.82, 2.24) is 9.78 Å². The molecular weight excluding hydrogens is 343 g/mol. The molecule has 0 amide bonds. The van der Waals surface area contributed by atoms with Crippen LogP contribution in [0.15, 0.2) is 29.6 Å². The Morgan fingerprint density at radius 1 is 1.43 bits per heavy atom. The standard InChI is InChI=1S/C14H14Cl2N4O3/c1-3-20-7-10(16)12(18-20)14(21)23-19-13(17)9-6-8(15)4-5-11(9)22-2/h4-7H,3H2,1-2H3,(H2,17,19). The van der Waals surface area contributed by atoms with Crippen LogP contribution in [0.5, 0.6) is 5.75 Å². The molecule has 0 aliphatic rings. The number of hydrogen-bond donors (Lipinski definition) is 1. The topological polar surface area (TPSA) is 91.7 Å². The van der Waals surface area contributed by atoms with E-state index in [2.05, 4.69) is 10.3 Å². The number of aromatic nitrogens is 2. The summed E-state index contributed by atoms with van der Waals surface area (Å²) < 4.78 is 6.66. The van der Waals surface area contributed by atoms with Gasteiger partial charge in [0.05, 0.1) is 17.7 Å². The number of benzene rings is 1. The molecule has 0 aliphatic heterocycles. The van der Waals surface area contributed by atoms with Gasteiger partial charge in [-0.05, 0) is 25.1 Å². The molecule has 1 aromatic heterocycles. The van der Waals surface area contributed by atoms with E-state index in [1.165, 1.54) is 18.0 Å². The molecule has 0 radical (unpaired) electrons. The fourth-order valence-electron chi connectivity index (χ4n) is 1.76. The summed E-state index contributed by atoms with van der Waals surface area (Å²) >= 11 is 11.8. The Labute approximate surface area is 142 Å². The van der Waals surface area contributed by atoms with Crippen LogP contribution < -0.4 is 10.5 Å². The Hall–Kier alpha value is -2.25. The predicted octanol–water partition coefficient (Wildman–Crippen LogP) is 2.70. The molecule has 0 fully saturated rings. The number of nitrogens with zero attached hydrogens (tertiary/aromatic N) is 3. The van der Waals surface area contributed by atoms with E-state index in [9.17, 15) is 4.79 Å². The number of amidine groups is 1. The zero-order chi connectivity index (χ0) is 17.0. The zero-order valence-corrected chi connectivity index (χ0v) is 13.9. The van der Waals surface area contributed by atoms with Crippen LogP contribution in [0.4, 0.5) is 0 Å². The molecule has 2 rings (SSSR count). The van der Waals surface area contributed by atoms with Gasteiger partial charge in [-0.3, -0.25) is 4.68 Å². The lowest BCUT2D eigenvalue weighted by Crippen LogP contribution is -2.16. The van der Waals surface area contributed by atoms with Crippen LogP contribution in [0.25, 0.3) is 0 Å². The maximum absolute atomic E-state index is 11.9. The van der Waals surface area contributed by atoms with Gasteiger partial charge in [0.1, 0.15) is 5.75 Å². The summed E-state index contributed by atoms with van der Waals surface area (Å²) in [6, 6.07) is 4.81. The van der Waals surface area contributed by atoms with Gasteiger partial charge in [0.2, 0.25) is 0 Å². The summed E-state index contributed by atoms with van der Waals surface area (Å²) in [6.45, 7) is 2.43. The molecule has 0 spiro atoms. The van der Waals surface area contributed by atoms with Crippen molar-refractivity contribution >= 4 is 35.0 Å². The molecule has 23 heavy (non-hydrogen) atoms. The van der Waals surface area contributed by atoms with E-state index in [-0.39, 0.29) is 16.6 Å². The number of ether oxygens (including phenoxy) is 1. The lowest BCUT2D eigenvalue weighted by atomic mass is 10.2. The molecule has 2 aromatic rings. The van der Waals surface area contributed by atoms with Gasteiger partial charge in [-0.2, -0.15) is 5.10 Å². The van der Waals surface area contributed by atoms with Crippen molar-refractivity contribution in [3.63, 3.8) is 0 Å². The Bertz CT molecular complexity index is 758. The number of carbonyl (C=O) groups excluding carboxylic acids is 1. The highest BCUT2D eigenvalue weighted by Crippen LogP contribution is 2.22. The number of hydrogen-bond acceptors (Lipinski definition) is 5. The van der Waals surface area contributed by atoms with Gasteiger partial charge < -0.3 is 15.3 Å². The van der Waals surface area contributed by atoms with Crippen molar-refractivity contribution in [3.8, 4) is 5.75 Å². The second-order valence-electron chi connectivity index (χ2n) is 4.38. The van der Waals surface area contributed by atoms with Crippen LogP contribution in [-0.2, 0) is 11.4 Å². The Morgan fingerprint density at radius 3 is 2.78 bits per heavy atom. The van der Waals surface area contributed by atoms with Crippen LogP contribution in [0, 0.1) is 0 Å². The van der Waals surface area contributed by atoms with Gasteiger partial charge in [0.15, 0.2) is 11.5 Å². The SMILES string of the molecule is CCn1cc(Cl)c(C(=O)O/N=C(\N)c2cc(Cl)ccc2OC)n1. The maximum atomic E-state index is 11.9. The average molecular weight is 357 g/mol. The first kappa shape index (κ1) is 17.1. The van der Waals surface area contributed by atoms with E-state index in [4.69, 9.17) is 38.5 Å². The van der Waals surface area contributed by atoms with Crippen LogP contribution in [0.2, 0.25) is 10.0 Å². The number of nitrogens with two attached hydrogens (primary N) is 1. The lowest BCUT2D eigenvalue weighted by Gasteiger charge is -2.07. The molecule has 122 valence electrons. The first-order valence-electron chi connectivity index (χ1n) is 6.58. The Kier molecular flexibility index (Phi) is 5.46. The highest BCUT2D eigenvalue weighted by molar-refractivity contribution is 6.33. The van der Waals surface area contributed by atoms with Gasteiger partial charge >= 0.3 is 5.97 Å². The minimum Gasteiger partial charge on any atom is -0.496 e. The third-order valence-corrected chi connectivity index (χ3v) is 3.41. The molecule has 0 saturated carbocycles. The number of methoxy groups -OCH3 is 1. The van der Waals surface area contributed by atoms with E-state index in [1.807, 2.05) is 6.92 Å². The van der Waals surface area contributed by atoms with Crippen LogP contribution in [0.3, 0.4) is 0 Å². The molecule has 2 N–H and O–H groups in total. The highest BCUT2D eigenvalue weighted by Gasteiger charge is 2.18. The summed E-state index contributed by atoms with van der Waals surface area (Å²) in [5.74, 6) is -0.435. The normalized spacial score (nSPS) is 11.4. The first-order valence-corrected chi connectivity index (χ1v) is 7.33. The van der Waals surface area contributed by atoms with Gasteiger partial charge in [0.25, 0.3) is 0 Å². The molecule has 0 bridgehead atoms. The molecule has 0 aliphatic carbocycles. The lowest BCUT2D eigenvalue weighted by molar-refractivity contribution is 0.0508. The van der Waals surface area contributed by atoms with Crippen molar-refractivity contribution in [2.75, 3.05) is 7.11 Å². The smallest absolute Gasteiger partial charge is 0.387 e. The van der Waals surface area contributed by atoms with Crippen LogP contribution >= 0.6 is 23.2 Å². The average Bonchev–Trinajstić information content (AvgIpc) is 2.93. The number of rotatable bonds is 5. The molecular formula is C14H14Cl2N4O3. The molecule has 0 saturated heterocycles. The number of aryl methyl sites for hydroxylation is 1. The van der Waals surface area contributed by atoms with E-state index in [1.54, 1.807) is 18.2 Å². The number of halogens is 2. The summed E-state index contributed by atoms with van der Waals surface area (Å²) in [7, 11) is 1.48. The van der Waals surface area contributed by atoms with E-state index < -0.39 is 5.97 Å². The molecule has 7 nitrogen and oxygen atoms in total. The van der Waals surface area contributed by atoms with Gasteiger partial charge in [-0.15, -0.1) is 0 Å². The number of carbonyl (C=O) groups is 1. The van der Waals surface area contributed by atoms with Gasteiger partial charge in [-0.25, -0.2) is 4.79 Å². The molecule has 9 heteroatoms. The summed E-state index contributed by atoms with van der Waals surface area (Å²) in [6.07, 6.45) is 1.52. The molecule has 1 heterocycles. The van der Waals surface area contributed by atoms with E-state index >= 15 is 0 Å². The second kappa shape index (κ2) is 7.34. The van der Waals surface area contributed by atoms with Crippen LogP contribution in [-0.4, -0.2) is 28.7 Å². The predicted molar refractivity (Wildman–Crippen MR) is 87.1 cm³/mol. The molecule has 1 aromatic carbocycles. The van der Waals surface area contributed by atoms with Gasteiger partial charge in [-0.1, -0.05) is 28.4 Å². The maximum Gasteiger partial charge on any atom is 0.387 e. The summed E-state index contributed by atoms with van der Waals surface area (Å²) in [5.41, 5.74) is 6.17. The second-order valence-corrected chi connectivity index (χ2v) is 5.22. The Balaban J connectivity index is 2.20. The summed E-state index contributed by atoms with van der Waals surface area (Å²) in [5, 5.41) is 8.19. The monoisotopic (exact) mass is 356 g/mol. The quantitative estimate of drug-likeness (QED) is 0.384. The first-order chi connectivity index (χ1) is 11.0. The minimum absolute atomic E-state index is 0.0388. The third-order valence-electron chi connectivity index (χ3n) is 2.90. The largest absolute Gasteiger partial charge is 0.496 e. The van der Waals surface area contributed by atoms with E-state index in [0.29, 0.717) is 22.9 Å². The highest BCUT2D eigenvalue weighted by atomic mass is 35.5. The van der Waals surface area contributed by atoms with E-state index in [0.717, 1.165) is 0 Å². The van der Waals surface area contributed by atoms with Crippen molar-refractivity contribution in [1.29, 1.82) is 0 Å². The summed E-state index contributed by atoms with van der Waals surface area (Å²) in [4.78, 5) is 16.7. The minimum atomic E-state index is -0.814. The molecule has 0 unspecified atom stereocenters. The number of oxime groups is 1. The van der Waals surface area contributed by atoms with Crippen molar-refractivity contribution < 1.29 is 14.4 Å². The zero-order valence-electron chi connectivity index (χ0n) is 12.4. The Morgan fingerprint density at radius 2 is 2.17 bits per heavy atom. The van der Waals surface area contributed by atoms with Gasteiger partial charge in [0, 0.05) is 17.8 Å².